The minimum absolute atomic E-state index is 0.326. The lowest BCUT2D eigenvalue weighted by Crippen LogP contribution is -2.08. The Morgan fingerprint density at radius 3 is 2.81 bits per heavy atom. The second-order valence-corrected chi connectivity index (χ2v) is 6.04. The smallest absolute Gasteiger partial charge is 0.157 e. The first kappa shape index (κ1) is 14.1. The molecule has 0 atom stereocenters. The second-order valence-electron chi connectivity index (χ2n) is 5.69. The van der Waals surface area contributed by atoms with Crippen molar-refractivity contribution in [2.75, 3.05) is 11.1 Å². The third-order valence-electron chi connectivity index (χ3n) is 3.50. The summed E-state index contributed by atoms with van der Waals surface area (Å²) in [7, 11) is 0. The Hall–Kier alpha value is -1.82. The Bertz CT molecular complexity index is 647. The Kier molecular flexibility index (Phi) is 3.71. The van der Waals surface area contributed by atoms with Crippen LogP contribution < -0.4 is 11.1 Å². The van der Waals surface area contributed by atoms with E-state index in [1.807, 2.05) is 17.1 Å². The lowest BCUT2D eigenvalue weighted by molar-refractivity contribution is 0.532. The average Bonchev–Trinajstić information content (AvgIpc) is 3.18. The van der Waals surface area contributed by atoms with Crippen LogP contribution in [0.2, 0.25) is 5.15 Å². The Labute approximate surface area is 128 Å². The van der Waals surface area contributed by atoms with Gasteiger partial charge in [0.2, 0.25) is 0 Å². The Balaban J connectivity index is 1.74. The first-order valence-corrected chi connectivity index (χ1v) is 7.52. The van der Waals surface area contributed by atoms with Gasteiger partial charge in [0.15, 0.2) is 11.0 Å². The van der Waals surface area contributed by atoms with Crippen LogP contribution >= 0.6 is 11.6 Å². The molecular weight excluding hydrogens is 288 g/mol. The second kappa shape index (κ2) is 5.52. The van der Waals surface area contributed by atoms with E-state index in [9.17, 15) is 0 Å². The van der Waals surface area contributed by atoms with Gasteiger partial charge in [-0.3, -0.25) is 4.68 Å². The average molecular weight is 307 g/mol. The molecule has 1 saturated carbocycles. The molecule has 2 heterocycles. The van der Waals surface area contributed by atoms with Gasteiger partial charge in [0.1, 0.15) is 11.5 Å². The molecule has 0 saturated heterocycles. The van der Waals surface area contributed by atoms with Gasteiger partial charge in [0.05, 0.1) is 6.20 Å². The predicted molar refractivity (Wildman–Crippen MR) is 83.4 cm³/mol. The molecule has 0 radical (unpaired) electrons. The van der Waals surface area contributed by atoms with Crippen molar-refractivity contribution < 1.29 is 0 Å². The lowest BCUT2D eigenvalue weighted by atomic mass is 10.3. The topological polar surface area (TPSA) is 81.7 Å². The zero-order chi connectivity index (χ0) is 15.0. The highest BCUT2D eigenvalue weighted by molar-refractivity contribution is 6.32. The van der Waals surface area contributed by atoms with Crippen LogP contribution in [-0.2, 0) is 6.54 Å². The predicted octanol–water partition coefficient (Wildman–Crippen LogP) is 2.98. The molecule has 0 unspecified atom stereocenters. The molecule has 0 amide bonds. The van der Waals surface area contributed by atoms with Crippen molar-refractivity contribution in [1.82, 2.24) is 19.7 Å². The summed E-state index contributed by atoms with van der Waals surface area (Å²) in [6.45, 7) is 4.79. The number of nitrogens with zero attached hydrogens (tertiary/aromatic N) is 4. The lowest BCUT2D eigenvalue weighted by Gasteiger charge is -2.10. The number of nitrogens with two attached hydrogens (primary N) is 1. The molecule has 2 aromatic heterocycles. The van der Waals surface area contributed by atoms with Crippen LogP contribution in [0.5, 0.6) is 0 Å². The highest BCUT2D eigenvalue weighted by Crippen LogP contribution is 2.40. The fourth-order valence-corrected chi connectivity index (χ4v) is 2.23. The van der Waals surface area contributed by atoms with Crippen molar-refractivity contribution in [2.45, 2.75) is 45.2 Å². The van der Waals surface area contributed by atoms with E-state index in [1.54, 1.807) is 0 Å². The van der Waals surface area contributed by atoms with Crippen LogP contribution in [0.25, 0.3) is 0 Å². The van der Waals surface area contributed by atoms with Gasteiger partial charge in [-0.15, -0.1) is 0 Å². The summed E-state index contributed by atoms with van der Waals surface area (Å²) in [5, 5.41) is 7.87. The molecule has 3 N–H and O–H groups in total. The van der Waals surface area contributed by atoms with Gasteiger partial charge < -0.3 is 11.1 Å². The van der Waals surface area contributed by atoms with Crippen LogP contribution in [0.3, 0.4) is 0 Å². The number of nitrogens with one attached hydrogen (secondary N) is 1. The number of nitrogen functional groups attached to an aromatic ring is 1. The van der Waals surface area contributed by atoms with Crippen LogP contribution in [0.1, 0.15) is 50.0 Å². The number of hydrogen-bond donors (Lipinski definition) is 2. The number of hydrogen-bond acceptors (Lipinski definition) is 5. The van der Waals surface area contributed by atoms with Gasteiger partial charge in [0.25, 0.3) is 0 Å². The first-order valence-electron chi connectivity index (χ1n) is 7.14. The summed E-state index contributed by atoms with van der Waals surface area (Å²) in [5.41, 5.74) is 7.42. The largest absolute Gasteiger partial charge is 0.393 e. The third-order valence-corrected chi connectivity index (χ3v) is 3.79. The van der Waals surface area contributed by atoms with Gasteiger partial charge in [-0.2, -0.15) is 5.10 Å². The molecule has 0 bridgehead atoms. The maximum Gasteiger partial charge on any atom is 0.157 e. The third kappa shape index (κ3) is 3.10. The van der Waals surface area contributed by atoms with E-state index in [4.69, 9.17) is 17.3 Å². The SMILES string of the molecule is CC(C)n1cc(CNc2nc(C3CC3)nc(Cl)c2N)cn1. The molecule has 21 heavy (non-hydrogen) atoms. The van der Waals surface area contributed by atoms with Crippen LogP contribution in [0.15, 0.2) is 12.4 Å². The van der Waals surface area contributed by atoms with Crippen molar-refractivity contribution in [3.8, 4) is 0 Å². The van der Waals surface area contributed by atoms with Gasteiger partial charge in [0, 0.05) is 30.3 Å². The molecule has 112 valence electrons. The molecule has 1 fully saturated rings. The molecular formula is C14H19ClN6. The number of aromatic nitrogens is 4. The highest BCUT2D eigenvalue weighted by Gasteiger charge is 2.28. The number of halogens is 1. The Morgan fingerprint density at radius 2 is 2.19 bits per heavy atom. The highest BCUT2D eigenvalue weighted by atomic mass is 35.5. The van der Waals surface area contributed by atoms with Gasteiger partial charge in [-0.1, -0.05) is 11.6 Å². The maximum absolute atomic E-state index is 6.09. The number of rotatable bonds is 5. The summed E-state index contributed by atoms with van der Waals surface area (Å²) in [6, 6.07) is 0.346. The van der Waals surface area contributed by atoms with Crippen molar-refractivity contribution >= 4 is 23.1 Å². The summed E-state index contributed by atoms with van der Waals surface area (Å²) < 4.78 is 1.92. The standard InChI is InChI=1S/C14H19ClN6/c1-8(2)21-7-9(6-18-21)5-17-14-11(16)12(15)19-13(20-14)10-3-4-10/h6-8,10H,3-5,16H2,1-2H3,(H,17,19,20). The summed E-state index contributed by atoms with van der Waals surface area (Å²) in [4.78, 5) is 8.74. The maximum atomic E-state index is 6.09. The van der Waals surface area contributed by atoms with Crippen molar-refractivity contribution in [2.24, 2.45) is 0 Å². The van der Waals surface area contributed by atoms with Gasteiger partial charge >= 0.3 is 0 Å². The van der Waals surface area contributed by atoms with E-state index >= 15 is 0 Å². The molecule has 7 heteroatoms. The van der Waals surface area contributed by atoms with E-state index in [-0.39, 0.29) is 0 Å². The van der Waals surface area contributed by atoms with E-state index in [2.05, 4.69) is 34.2 Å². The zero-order valence-electron chi connectivity index (χ0n) is 12.2. The van der Waals surface area contributed by atoms with Crippen molar-refractivity contribution in [3.05, 3.63) is 28.9 Å². The summed E-state index contributed by atoms with van der Waals surface area (Å²) >= 11 is 6.09. The van der Waals surface area contributed by atoms with Gasteiger partial charge in [-0.25, -0.2) is 9.97 Å². The fourth-order valence-electron chi connectivity index (χ4n) is 2.05. The van der Waals surface area contributed by atoms with Crippen molar-refractivity contribution in [3.63, 3.8) is 0 Å². The molecule has 0 aliphatic heterocycles. The van der Waals surface area contributed by atoms with Crippen LogP contribution in [0, 0.1) is 0 Å². The molecule has 0 spiro atoms. The molecule has 1 aliphatic rings. The quantitative estimate of drug-likeness (QED) is 0.830. The molecule has 2 aromatic rings. The number of anilines is 2. The van der Waals surface area contributed by atoms with Crippen LogP contribution in [-0.4, -0.2) is 19.7 Å². The normalized spacial score (nSPS) is 14.7. The minimum Gasteiger partial charge on any atom is -0.393 e. The molecule has 1 aliphatic carbocycles. The summed E-state index contributed by atoms with van der Waals surface area (Å²) in [6.07, 6.45) is 6.11. The van der Waals surface area contributed by atoms with E-state index in [0.717, 1.165) is 24.2 Å². The van der Waals surface area contributed by atoms with E-state index in [1.165, 1.54) is 0 Å². The first-order chi connectivity index (χ1) is 10.0. The van der Waals surface area contributed by atoms with E-state index in [0.29, 0.717) is 35.2 Å². The van der Waals surface area contributed by atoms with Crippen LogP contribution in [0.4, 0.5) is 11.5 Å². The zero-order valence-corrected chi connectivity index (χ0v) is 12.9. The van der Waals surface area contributed by atoms with E-state index < -0.39 is 0 Å². The fraction of sp³-hybridized carbons (Fsp3) is 0.500. The summed E-state index contributed by atoms with van der Waals surface area (Å²) in [5.74, 6) is 1.83. The van der Waals surface area contributed by atoms with Gasteiger partial charge in [-0.05, 0) is 26.7 Å². The Morgan fingerprint density at radius 1 is 1.43 bits per heavy atom. The van der Waals surface area contributed by atoms with Crippen molar-refractivity contribution in [1.29, 1.82) is 0 Å². The molecule has 6 nitrogen and oxygen atoms in total. The minimum atomic E-state index is 0.326. The molecule has 3 rings (SSSR count). The monoisotopic (exact) mass is 306 g/mol. The molecule has 0 aromatic carbocycles.